The van der Waals surface area contributed by atoms with Gasteiger partial charge < -0.3 is 14.9 Å². The first-order valence-corrected chi connectivity index (χ1v) is 6.52. The summed E-state index contributed by atoms with van der Waals surface area (Å²) in [6, 6.07) is 10.7. The number of amides is 1. The van der Waals surface area contributed by atoms with Crippen LogP contribution in [-0.4, -0.2) is 28.9 Å². The highest BCUT2D eigenvalue weighted by molar-refractivity contribution is 6.02. The van der Waals surface area contributed by atoms with Crippen molar-refractivity contribution < 1.29 is 19.7 Å². The van der Waals surface area contributed by atoms with Crippen molar-refractivity contribution in [2.24, 2.45) is 5.10 Å². The fourth-order valence-corrected chi connectivity index (χ4v) is 1.82. The number of benzene rings is 2. The van der Waals surface area contributed by atoms with Crippen molar-refractivity contribution in [2.45, 2.75) is 6.92 Å². The molecule has 0 fully saturated rings. The lowest BCUT2D eigenvalue weighted by atomic mass is 10.1. The van der Waals surface area contributed by atoms with Gasteiger partial charge in [-0.15, -0.1) is 0 Å². The molecule has 0 heterocycles. The highest BCUT2D eigenvalue weighted by Gasteiger charge is 2.08. The van der Waals surface area contributed by atoms with Gasteiger partial charge >= 0.3 is 0 Å². The molecule has 0 saturated heterocycles. The van der Waals surface area contributed by atoms with Gasteiger partial charge in [-0.3, -0.25) is 4.79 Å². The number of rotatable bonds is 4. The third kappa shape index (κ3) is 3.54. The Hall–Kier alpha value is -3.02. The van der Waals surface area contributed by atoms with Crippen molar-refractivity contribution in [2.75, 3.05) is 7.11 Å². The lowest BCUT2D eigenvalue weighted by Crippen LogP contribution is -2.19. The standard InChI is InChI=1S/C16H16N2O4/c1-10(14-9-12(19)5-8-15(14)20)17-18-16(21)11-3-6-13(22-2)7-4-11/h3-9,19-20H,1-2H3,(H,18,21)/b17-10+. The molecule has 0 aliphatic heterocycles. The van der Waals surface area contributed by atoms with E-state index < -0.39 is 0 Å². The van der Waals surface area contributed by atoms with E-state index in [9.17, 15) is 15.0 Å². The van der Waals surface area contributed by atoms with Crippen molar-refractivity contribution in [3.63, 3.8) is 0 Å². The molecule has 6 heteroatoms. The van der Waals surface area contributed by atoms with Gasteiger partial charge in [0.15, 0.2) is 0 Å². The zero-order chi connectivity index (χ0) is 16.1. The van der Waals surface area contributed by atoms with Crippen LogP contribution in [0.5, 0.6) is 17.2 Å². The van der Waals surface area contributed by atoms with Gasteiger partial charge in [-0.25, -0.2) is 5.43 Å². The minimum absolute atomic E-state index is 0.00355. The van der Waals surface area contributed by atoms with Gasteiger partial charge in [-0.2, -0.15) is 5.10 Å². The molecule has 0 atom stereocenters. The highest BCUT2D eigenvalue weighted by atomic mass is 16.5. The zero-order valence-corrected chi connectivity index (χ0v) is 12.2. The van der Waals surface area contributed by atoms with Crippen LogP contribution >= 0.6 is 0 Å². The summed E-state index contributed by atoms with van der Waals surface area (Å²) in [6.45, 7) is 1.61. The van der Waals surface area contributed by atoms with Crippen molar-refractivity contribution >= 4 is 11.6 Å². The number of carbonyl (C=O) groups is 1. The van der Waals surface area contributed by atoms with E-state index in [0.717, 1.165) is 0 Å². The Balaban J connectivity index is 2.12. The first-order chi connectivity index (χ1) is 10.5. The fraction of sp³-hybridized carbons (Fsp3) is 0.125. The second-order valence-electron chi connectivity index (χ2n) is 4.57. The number of nitrogens with one attached hydrogen (secondary N) is 1. The Kier molecular flexibility index (Phi) is 4.63. The molecule has 0 radical (unpaired) electrons. The van der Waals surface area contributed by atoms with Crippen LogP contribution in [-0.2, 0) is 0 Å². The predicted octanol–water partition coefficient (Wildman–Crippen LogP) is 2.26. The summed E-state index contributed by atoms with van der Waals surface area (Å²) in [6.07, 6.45) is 0. The number of phenols is 2. The molecule has 2 aromatic carbocycles. The Morgan fingerprint density at radius 3 is 2.45 bits per heavy atom. The average molecular weight is 300 g/mol. The number of carbonyl (C=O) groups excluding carboxylic acids is 1. The predicted molar refractivity (Wildman–Crippen MR) is 82.4 cm³/mol. The van der Waals surface area contributed by atoms with Crippen LogP contribution < -0.4 is 10.2 Å². The number of hydrogen-bond donors (Lipinski definition) is 3. The summed E-state index contributed by atoms with van der Waals surface area (Å²) >= 11 is 0. The molecule has 6 nitrogen and oxygen atoms in total. The molecule has 3 N–H and O–H groups in total. The number of aromatic hydroxyl groups is 2. The molecule has 22 heavy (non-hydrogen) atoms. The molecule has 2 rings (SSSR count). The fourth-order valence-electron chi connectivity index (χ4n) is 1.82. The van der Waals surface area contributed by atoms with Gasteiger partial charge in [0.1, 0.15) is 17.2 Å². The van der Waals surface area contributed by atoms with Gasteiger partial charge in [0.25, 0.3) is 5.91 Å². The van der Waals surface area contributed by atoms with Crippen LogP contribution in [0.1, 0.15) is 22.8 Å². The van der Waals surface area contributed by atoms with Crippen molar-refractivity contribution in [1.29, 1.82) is 0 Å². The summed E-state index contributed by atoms with van der Waals surface area (Å²) in [5.41, 5.74) is 3.54. The lowest BCUT2D eigenvalue weighted by molar-refractivity contribution is 0.0955. The molecule has 0 aliphatic rings. The summed E-state index contributed by atoms with van der Waals surface area (Å²) in [7, 11) is 1.55. The molecular formula is C16H16N2O4. The minimum atomic E-state index is -0.387. The summed E-state index contributed by atoms with van der Waals surface area (Å²) in [5.74, 6) is 0.240. The van der Waals surface area contributed by atoms with E-state index in [1.54, 1.807) is 38.3 Å². The maximum atomic E-state index is 12.0. The zero-order valence-electron chi connectivity index (χ0n) is 12.2. The molecule has 0 aromatic heterocycles. The molecule has 2 aromatic rings. The van der Waals surface area contributed by atoms with Crippen LogP contribution in [0.15, 0.2) is 47.6 Å². The average Bonchev–Trinajstić information content (AvgIpc) is 2.54. The topological polar surface area (TPSA) is 91.2 Å². The molecule has 0 unspecified atom stereocenters. The Morgan fingerprint density at radius 1 is 1.14 bits per heavy atom. The van der Waals surface area contributed by atoms with E-state index in [4.69, 9.17) is 4.74 Å². The number of phenolic OH excluding ortho intramolecular Hbond substituents is 2. The van der Waals surface area contributed by atoms with Crippen LogP contribution in [0.2, 0.25) is 0 Å². The third-order valence-electron chi connectivity index (χ3n) is 3.05. The largest absolute Gasteiger partial charge is 0.508 e. The maximum absolute atomic E-state index is 12.0. The normalized spacial score (nSPS) is 11.1. The molecule has 114 valence electrons. The van der Waals surface area contributed by atoms with E-state index in [0.29, 0.717) is 22.6 Å². The molecule has 0 aliphatic carbocycles. The lowest BCUT2D eigenvalue weighted by Gasteiger charge is -2.06. The molecule has 0 saturated carbocycles. The summed E-state index contributed by atoms with van der Waals surface area (Å²) in [5, 5.41) is 23.1. The SMILES string of the molecule is COc1ccc(C(=O)N/N=C(\C)c2cc(O)ccc2O)cc1. The van der Waals surface area contributed by atoms with Gasteiger partial charge in [0.2, 0.25) is 0 Å². The molecule has 0 bridgehead atoms. The van der Waals surface area contributed by atoms with E-state index >= 15 is 0 Å². The maximum Gasteiger partial charge on any atom is 0.271 e. The smallest absolute Gasteiger partial charge is 0.271 e. The minimum Gasteiger partial charge on any atom is -0.508 e. The number of nitrogens with zero attached hydrogens (tertiary/aromatic N) is 1. The molecular weight excluding hydrogens is 284 g/mol. The molecule has 1 amide bonds. The third-order valence-corrected chi connectivity index (χ3v) is 3.05. The number of hydrogen-bond acceptors (Lipinski definition) is 5. The number of ether oxygens (including phenoxy) is 1. The van der Waals surface area contributed by atoms with Crippen LogP contribution in [0.3, 0.4) is 0 Å². The number of hydrazone groups is 1. The Bertz CT molecular complexity index is 709. The van der Waals surface area contributed by atoms with Crippen LogP contribution in [0.4, 0.5) is 0 Å². The van der Waals surface area contributed by atoms with Gasteiger partial charge in [0, 0.05) is 11.1 Å². The van der Waals surface area contributed by atoms with E-state index in [1.165, 1.54) is 18.2 Å². The highest BCUT2D eigenvalue weighted by Crippen LogP contribution is 2.22. The van der Waals surface area contributed by atoms with E-state index in [1.807, 2.05) is 0 Å². The Labute approximate surface area is 127 Å². The second kappa shape index (κ2) is 6.62. The van der Waals surface area contributed by atoms with Gasteiger partial charge in [-0.1, -0.05) is 0 Å². The van der Waals surface area contributed by atoms with Crippen molar-refractivity contribution in [3.05, 3.63) is 53.6 Å². The van der Waals surface area contributed by atoms with E-state index in [-0.39, 0.29) is 17.4 Å². The van der Waals surface area contributed by atoms with Crippen molar-refractivity contribution in [1.82, 2.24) is 5.43 Å². The molecule has 0 spiro atoms. The summed E-state index contributed by atoms with van der Waals surface area (Å²) in [4.78, 5) is 12.0. The monoisotopic (exact) mass is 300 g/mol. The summed E-state index contributed by atoms with van der Waals surface area (Å²) < 4.78 is 5.02. The van der Waals surface area contributed by atoms with E-state index in [2.05, 4.69) is 10.5 Å². The first kappa shape index (κ1) is 15.4. The second-order valence-corrected chi connectivity index (χ2v) is 4.57. The van der Waals surface area contributed by atoms with Crippen molar-refractivity contribution in [3.8, 4) is 17.2 Å². The first-order valence-electron chi connectivity index (χ1n) is 6.52. The van der Waals surface area contributed by atoms with Crippen LogP contribution in [0, 0.1) is 0 Å². The quantitative estimate of drug-likeness (QED) is 0.459. The number of methoxy groups -OCH3 is 1. The Morgan fingerprint density at radius 2 is 1.82 bits per heavy atom. The van der Waals surface area contributed by atoms with Gasteiger partial charge in [0.05, 0.1) is 12.8 Å². The van der Waals surface area contributed by atoms with Crippen LogP contribution in [0.25, 0.3) is 0 Å². The van der Waals surface area contributed by atoms with Gasteiger partial charge in [-0.05, 0) is 49.4 Å².